The monoisotopic (exact) mass is 336 g/mol. The van der Waals surface area contributed by atoms with E-state index in [0.717, 1.165) is 43.3 Å². The van der Waals surface area contributed by atoms with Crippen molar-refractivity contribution in [3.8, 4) is 0 Å². The predicted molar refractivity (Wildman–Crippen MR) is 94.6 cm³/mol. The third-order valence-corrected chi connectivity index (χ3v) is 4.67. The number of rotatable bonds is 4. The van der Waals surface area contributed by atoms with Crippen LogP contribution in [0, 0.1) is 0 Å². The van der Waals surface area contributed by atoms with Gasteiger partial charge in [-0.3, -0.25) is 4.57 Å². The summed E-state index contributed by atoms with van der Waals surface area (Å²) >= 11 is 0. The Labute approximate surface area is 145 Å². The molecule has 0 saturated carbocycles. The molecule has 1 aromatic carbocycles. The van der Waals surface area contributed by atoms with E-state index in [1.807, 2.05) is 36.4 Å². The SMILES string of the molecule is O=c1[nH]nc(C2CCN(c3ncccn3)CC2)n1Cc1ccccc1. The highest BCUT2D eigenvalue weighted by Crippen LogP contribution is 2.27. The van der Waals surface area contributed by atoms with Crippen molar-refractivity contribution in [1.29, 1.82) is 0 Å². The molecule has 2 aromatic heterocycles. The number of nitrogens with zero attached hydrogens (tertiary/aromatic N) is 5. The fourth-order valence-corrected chi connectivity index (χ4v) is 3.35. The summed E-state index contributed by atoms with van der Waals surface area (Å²) in [6.07, 6.45) is 5.38. The molecule has 3 heterocycles. The summed E-state index contributed by atoms with van der Waals surface area (Å²) in [5.74, 6) is 1.88. The van der Waals surface area contributed by atoms with Crippen LogP contribution < -0.4 is 10.6 Å². The van der Waals surface area contributed by atoms with E-state index in [2.05, 4.69) is 25.1 Å². The second-order valence-electron chi connectivity index (χ2n) is 6.27. The van der Waals surface area contributed by atoms with Crippen LogP contribution in [-0.4, -0.2) is 37.8 Å². The van der Waals surface area contributed by atoms with Crippen LogP contribution in [0.15, 0.2) is 53.6 Å². The van der Waals surface area contributed by atoms with Crippen molar-refractivity contribution in [2.24, 2.45) is 0 Å². The number of anilines is 1. The summed E-state index contributed by atoms with van der Waals surface area (Å²) in [5.41, 5.74) is 0.954. The fraction of sp³-hybridized carbons (Fsp3) is 0.333. The summed E-state index contributed by atoms with van der Waals surface area (Å²) < 4.78 is 1.76. The van der Waals surface area contributed by atoms with Gasteiger partial charge in [-0.1, -0.05) is 30.3 Å². The molecule has 0 spiro atoms. The zero-order chi connectivity index (χ0) is 17.1. The molecule has 1 saturated heterocycles. The van der Waals surface area contributed by atoms with Gasteiger partial charge < -0.3 is 4.90 Å². The summed E-state index contributed by atoms with van der Waals surface area (Å²) in [7, 11) is 0. The van der Waals surface area contributed by atoms with Gasteiger partial charge in [-0.25, -0.2) is 19.9 Å². The average Bonchev–Trinajstić information content (AvgIpc) is 3.04. The lowest BCUT2D eigenvalue weighted by Gasteiger charge is -2.31. The first-order valence-electron chi connectivity index (χ1n) is 8.52. The molecule has 0 bridgehead atoms. The van der Waals surface area contributed by atoms with E-state index < -0.39 is 0 Å². The molecule has 128 valence electrons. The van der Waals surface area contributed by atoms with E-state index in [-0.39, 0.29) is 11.6 Å². The Balaban J connectivity index is 1.49. The number of benzene rings is 1. The number of hydrogen-bond acceptors (Lipinski definition) is 5. The molecule has 0 atom stereocenters. The highest BCUT2D eigenvalue weighted by molar-refractivity contribution is 5.29. The van der Waals surface area contributed by atoms with Gasteiger partial charge in [0.1, 0.15) is 5.82 Å². The van der Waals surface area contributed by atoms with Crippen LogP contribution in [-0.2, 0) is 6.54 Å². The number of piperidine rings is 1. The van der Waals surface area contributed by atoms with Crippen LogP contribution in [0.25, 0.3) is 0 Å². The molecule has 0 unspecified atom stereocenters. The van der Waals surface area contributed by atoms with Gasteiger partial charge in [0.2, 0.25) is 5.95 Å². The molecule has 1 fully saturated rings. The highest BCUT2D eigenvalue weighted by Gasteiger charge is 2.26. The molecule has 1 aliphatic heterocycles. The smallest absolute Gasteiger partial charge is 0.341 e. The molecular weight excluding hydrogens is 316 g/mol. The van der Waals surface area contributed by atoms with E-state index in [1.54, 1.807) is 17.0 Å². The maximum absolute atomic E-state index is 12.2. The van der Waals surface area contributed by atoms with Crippen LogP contribution in [0.5, 0.6) is 0 Å². The highest BCUT2D eigenvalue weighted by atomic mass is 16.1. The van der Waals surface area contributed by atoms with Crippen LogP contribution in [0.2, 0.25) is 0 Å². The lowest BCUT2D eigenvalue weighted by atomic mass is 9.96. The van der Waals surface area contributed by atoms with Crippen molar-refractivity contribution in [2.75, 3.05) is 18.0 Å². The molecule has 1 aliphatic rings. The molecular formula is C18H20N6O. The van der Waals surface area contributed by atoms with Gasteiger partial charge >= 0.3 is 5.69 Å². The first kappa shape index (κ1) is 15.6. The Morgan fingerprint density at radius 3 is 2.48 bits per heavy atom. The maximum atomic E-state index is 12.2. The third kappa shape index (κ3) is 3.31. The van der Waals surface area contributed by atoms with Crippen molar-refractivity contribution < 1.29 is 0 Å². The van der Waals surface area contributed by atoms with Gasteiger partial charge in [0.15, 0.2) is 0 Å². The average molecular weight is 336 g/mol. The molecule has 4 rings (SSSR count). The topological polar surface area (TPSA) is 79.7 Å². The molecule has 3 aromatic rings. The van der Waals surface area contributed by atoms with Gasteiger partial charge in [-0.15, -0.1) is 0 Å². The zero-order valence-corrected chi connectivity index (χ0v) is 13.9. The van der Waals surface area contributed by atoms with E-state index in [9.17, 15) is 4.79 Å². The summed E-state index contributed by atoms with van der Waals surface area (Å²) in [6.45, 7) is 2.27. The van der Waals surface area contributed by atoms with Crippen molar-refractivity contribution in [3.63, 3.8) is 0 Å². The number of nitrogens with one attached hydrogen (secondary N) is 1. The van der Waals surface area contributed by atoms with Gasteiger partial charge in [0.25, 0.3) is 0 Å². The molecule has 0 aliphatic carbocycles. The number of hydrogen-bond donors (Lipinski definition) is 1. The fourth-order valence-electron chi connectivity index (χ4n) is 3.35. The summed E-state index contributed by atoms with van der Waals surface area (Å²) in [4.78, 5) is 23.0. The Bertz CT molecular complexity index is 865. The zero-order valence-electron chi connectivity index (χ0n) is 13.9. The second-order valence-corrected chi connectivity index (χ2v) is 6.27. The molecule has 7 heteroatoms. The maximum Gasteiger partial charge on any atom is 0.343 e. The van der Waals surface area contributed by atoms with Crippen LogP contribution in [0.3, 0.4) is 0 Å². The largest absolute Gasteiger partial charge is 0.343 e. The van der Waals surface area contributed by atoms with Gasteiger partial charge in [-0.05, 0) is 24.5 Å². The van der Waals surface area contributed by atoms with Gasteiger partial charge in [0, 0.05) is 31.4 Å². The molecule has 7 nitrogen and oxygen atoms in total. The quantitative estimate of drug-likeness (QED) is 0.786. The van der Waals surface area contributed by atoms with Crippen molar-refractivity contribution >= 4 is 5.95 Å². The Hall–Kier alpha value is -2.96. The standard InChI is InChI=1S/C18H20N6O/c25-18-22-21-16(24(18)13-14-5-2-1-3-6-14)15-7-11-23(12-8-15)17-19-9-4-10-20-17/h1-6,9-10,15H,7-8,11-13H2,(H,22,25). The molecule has 25 heavy (non-hydrogen) atoms. The van der Waals surface area contributed by atoms with E-state index >= 15 is 0 Å². The van der Waals surface area contributed by atoms with Crippen LogP contribution in [0.1, 0.15) is 30.1 Å². The summed E-state index contributed by atoms with van der Waals surface area (Å²) in [6, 6.07) is 11.8. The predicted octanol–water partition coefficient (Wildman–Crippen LogP) is 1.79. The first-order chi connectivity index (χ1) is 12.3. The lowest BCUT2D eigenvalue weighted by molar-refractivity contribution is 0.463. The first-order valence-corrected chi connectivity index (χ1v) is 8.52. The van der Waals surface area contributed by atoms with Crippen molar-refractivity contribution in [1.82, 2.24) is 24.7 Å². The number of aromatic amines is 1. The number of aromatic nitrogens is 5. The molecule has 0 amide bonds. The van der Waals surface area contributed by atoms with Crippen LogP contribution in [0.4, 0.5) is 5.95 Å². The lowest BCUT2D eigenvalue weighted by Crippen LogP contribution is -2.35. The molecule has 1 N–H and O–H groups in total. The Kier molecular flexibility index (Phi) is 4.28. The van der Waals surface area contributed by atoms with E-state index in [4.69, 9.17) is 0 Å². The summed E-state index contributed by atoms with van der Waals surface area (Å²) in [5, 5.41) is 6.93. The van der Waals surface area contributed by atoms with E-state index in [0.29, 0.717) is 6.54 Å². The minimum atomic E-state index is -0.146. The van der Waals surface area contributed by atoms with Crippen LogP contribution >= 0.6 is 0 Å². The number of H-pyrrole nitrogens is 1. The normalized spacial score (nSPS) is 15.4. The Morgan fingerprint density at radius 2 is 1.76 bits per heavy atom. The third-order valence-electron chi connectivity index (χ3n) is 4.67. The van der Waals surface area contributed by atoms with Gasteiger partial charge in [0.05, 0.1) is 6.54 Å². The van der Waals surface area contributed by atoms with Crippen molar-refractivity contribution in [3.05, 3.63) is 70.7 Å². The Morgan fingerprint density at radius 1 is 1.04 bits per heavy atom. The second kappa shape index (κ2) is 6.88. The minimum absolute atomic E-state index is 0.146. The van der Waals surface area contributed by atoms with E-state index in [1.165, 1.54) is 0 Å². The molecule has 0 radical (unpaired) electrons. The van der Waals surface area contributed by atoms with Crippen molar-refractivity contribution in [2.45, 2.75) is 25.3 Å². The van der Waals surface area contributed by atoms with Gasteiger partial charge in [-0.2, -0.15) is 5.10 Å². The minimum Gasteiger partial charge on any atom is -0.341 e.